The number of aromatic nitrogens is 1. The summed E-state index contributed by atoms with van der Waals surface area (Å²) in [6.45, 7) is -0.905. The summed E-state index contributed by atoms with van der Waals surface area (Å²) in [6, 6.07) is 2.46. The van der Waals surface area contributed by atoms with Crippen LogP contribution in [-0.4, -0.2) is 22.9 Å². The highest BCUT2D eigenvalue weighted by atomic mass is 19.3. The minimum atomic E-state index is -2.68. The monoisotopic (exact) mass is 204 g/mol. The Morgan fingerprint density at radius 2 is 2.36 bits per heavy atom. The SMILES string of the molecule is O=[N+]([O-])c1cccnc1OCC(F)F. The molecule has 1 heterocycles. The number of pyridine rings is 1. The summed E-state index contributed by atoms with van der Waals surface area (Å²) < 4.78 is 27.9. The van der Waals surface area contributed by atoms with Gasteiger partial charge in [0.05, 0.1) is 4.92 Å². The largest absolute Gasteiger partial charge is 0.467 e. The van der Waals surface area contributed by atoms with Gasteiger partial charge in [0.1, 0.15) is 0 Å². The molecule has 7 heteroatoms. The summed E-state index contributed by atoms with van der Waals surface area (Å²) in [7, 11) is 0. The highest BCUT2D eigenvalue weighted by Gasteiger charge is 2.16. The Kier molecular flexibility index (Phi) is 3.27. The molecule has 76 valence electrons. The average molecular weight is 204 g/mol. The number of hydrogen-bond donors (Lipinski definition) is 0. The van der Waals surface area contributed by atoms with E-state index in [1.54, 1.807) is 0 Å². The zero-order chi connectivity index (χ0) is 10.6. The highest BCUT2D eigenvalue weighted by molar-refractivity contribution is 5.39. The van der Waals surface area contributed by atoms with Gasteiger partial charge in [0.15, 0.2) is 6.61 Å². The molecule has 14 heavy (non-hydrogen) atoms. The predicted molar refractivity (Wildman–Crippen MR) is 42.4 cm³/mol. The molecule has 0 amide bonds. The van der Waals surface area contributed by atoms with E-state index in [4.69, 9.17) is 0 Å². The molecule has 0 unspecified atom stereocenters. The van der Waals surface area contributed by atoms with Crippen molar-refractivity contribution in [2.75, 3.05) is 6.61 Å². The molecule has 1 aromatic rings. The maximum absolute atomic E-state index is 11.7. The van der Waals surface area contributed by atoms with Crippen molar-refractivity contribution in [3.05, 3.63) is 28.4 Å². The fourth-order valence-electron chi connectivity index (χ4n) is 0.774. The van der Waals surface area contributed by atoms with Crippen LogP contribution in [0.1, 0.15) is 0 Å². The van der Waals surface area contributed by atoms with E-state index in [9.17, 15) is 18.9 Å². The van der Waals surface area contributed by atoms with Gasteiger partial charge in [-0.25, -0.2) is 13.8 Å². The van der Waals surface area contributed by atoms with Gasteiger partial charge >= 0.3 is 5.69 Å². The van der Waals surface area contributed by atoms with Crippen LogP contribution in [0, 0.1) is 10.1 Å². The number of hydrogen-bond acceptors (Lipinski definition) is 4. The lowest BCUT2D eigenvalue weighted by atomic mass is 10.4. The maximum Gasteiger partial charge on any atom is 0.330 e. The van der Waals surface area contributed by atoms with Crippen LogP contribution in [-0.2, 0) is 0 Å². The van der Waals surface area contributed by atoms with E-state index < -0.39 is 29.5 Å². The van der Waals surface area contributed by atoms with Crippen LogP contribution in [0.25, 0.3) is 0 Å². The Morgan fingerprint density at radius 1 is 1.64 bits per heavy atom. The molecule has 0 bridgehead atoms. The van der Waals surface area contributed by atoms with Crippen molar-refractivity contribution in [1.29, 1.82) is 0 Å². The molecule has 0 atom stereocenters. The lowest BCUT2D eigenvalue weighted by Crippen LogP contribution is -2.09. The fraction of sp³-hybridized carbons (Fsp3) is 0.286. The van der Waals surface area contributed by atoms with E-state index in [0.717, 1.165) is 6.07 Å². The molecule has 0 radical (unpaired) electrons. The summed E-state index contributed by atoms with van der Waals surface area (Å²) >= 11 is 0. The third-order valence-electron chi connectivity index (χ3n) is 1.29. The normalized spacial score (nSPS) is 10.2. The Bertz CT molecular complexity index is 332. The first-order chi connectivity index (χ1) is 6.61. The molecular weight excluding hydrogens is 198 g/mol. The predicted octanol–water partition coefficient (Wildman–Crippen LogP) is 1.63. The molecule has 0 aliphatic carbocycles. The van der Waals surface area contributed by atoms with Gasteiger partial charge in [0.25, 0.3) is 12.3 Å². The van der Waals surface area contributed by atoms with Gasteiger partial charge in [-0.15, -0.1) is 0 Å². The van der Waals surface area contributed by atoms with E-state index in [-0.39, 0.29) is 0 Å². The Hall–Kier alpha value is -1.79. The molecule has 0 spiro atoms. The molecule has 1 aromatic heterocycles. The van der Waals surface area contributed by atoms with E-state index in [1.165, 1.54) is 12.3 Å². The van der Waals surface area contributed by atoms with Crippen molar-refractivity contribution >= 4 is 5.69 Å². The number of nitro groups is 1. The topological polar surface area (TPSA) is 65.3 Å². The Labute approximate surface area is 77.5 Å². The third kappa shape index (κ3) is 2.61. The van der Waals surface area contributed by atoms with Gasteiger partial charge in [-0.1, -0.05) is 0 Å². The van der Waals surface area contributed by atoms with Gasteiger partial charge < -0.3 is 4.74 Å². The zero-order valence-electron chi connectivity index (χ0n) is 6.89. The minimum Gasteiger partial charge on any atom is -0.467 e. The van der Waals surface area contributed by atoms with E-state index in [0.29, 0.717) is 0 Å². The first-order valence-electron chi connectivity index (χ1n) is 3.61. The van der Waals surface area contributed by atoms with Crippen LogP contribution in [0.2, 0.25) is 0 Å². The average Bonchev–Trinajstić information content (AvgIpc) is 2.15. The summed E-state index contributed by atoms with van der Waals surface area (Å²) in [5.74, 6) is -0.391. The standard InChI is InChI=1S/C7H6F2N2O3/c8-6(9)4-14-7-5(11(12)13)2-1-3-10-7/h1-3,6H,4H2. The lowest BCUT2D eigenvalue weighted by molar-refractivity contribution is -0.386. The van der Waals surface area contributed by atoms with Crippen LogP contribution in [0.5, 0.6) is 5.88 Å². The molecule has 0 aromatic carbocycles. The molecule has 1 rings (SSSR count). The molecule has 0 saturated carbocycles. The quantitative estimate of drug-likeness (QED) is 0.552. The molecule has 0 aliphatic heterocycles. The van der Waals surface area contributed by atoms with Crippen LogP contribution in [0.15, 0.2) is 18.3 Å². The molecule has 0 saturated heterocycles. The van der Waals surface area contributed by atoms with Gasteiger partial charge in [0.2, 0.25) is 0 Å². The van der Waals surface area contributed by atoms with E-state index >= 15 is 0 Å². The van der Waals surface area contributed by atoms with Crippen LogP contribution >= 0.6 is 0 Å². The number of alkyl halides is 2. The van der Waals surface area contributed by atoms with Crippen molar-refractivity contribution in [1.82, 2.24) is 4.98 Å². The van der Waals surface area contributed by atoms with Gasteiger partial charge in [-0.2, -0.15) is 0 Å². The Balaban J connectivity index is 2.79. The maximum atomic E-state index is 11.7. The van der Waals surface area contributed by atoms with Crippen molar-refractivity contribution < 1.29 is 18.4 Å². The molecule has 0 fully saturated rings. The summed E-state index contributed by atoms with van der Waals surface area (Å²) in [5.41, 5.74) is -0.423. The summed E-state index contributed by atoms with van der Waals surface area (Å²) in [6.07, 6.45) is -1.45. The second kappa shape index (κ2) is 4.45. The van der Waals surface area contributed by atoms with Crippen LogP contribution in [0.4, 0.5) is 14.5 Å². The molecular formula is C7H6F2N2O3. The van der Waals surface area contributed by atoms with Crippen molar-refractivity contribution in [3.63, 3.8) is 0 Å². The number of halogens is 2. The summed E-state index contributed by atoms with van der Waals surface area (Å²) in [5, 5.41) is 10.4. The molecule has 5 nitrogen and oxygen atoms in total. The highest BCUT2D eigenvalue weighted by Crippen LogP contribution is 2.22. The molecule has 0 N–H and O–H groups in total. The second-order valence-electron chi connectivity index (χ2n) is 2.29. The van der Waals surface area contributed by atoms with Crippen molar-refractivity contribution in [2.24, 2.45) is 0 Å². The summed E-state index contributed by atoms with van der Waals surface area (Å²) in [4.78, 5) is 13.1. The second-order valence-corrected chi connectivity index (χ2v) is 2.29. The first-order valence-corrected chi connectivity index (χ1v) is 3.61. The van der Waals surface area contributed by atoms with Gasteiger partial charge in [0, 0.05) is 12.3 Å². The van der Waals surface area contributed by atoms with Crippen molar-refractivity contribution in [3.8, 4) is 5.88 Å². The zero-order valence-corrected chi connectivity index (χ0v) is 6.89. The van der Waals surface area contributed by atoms with Gasteiger partial charge in [-0.05, 0) is 6.07 Å². The minimum absolute atomic E-state index is 0.391. The van der Waals surface area contributed by atoms with Crippen LogP contribution in [0.3, 0.4) is 0 Å². The van der Waals surface area contributed by atoms with E-state index in [1.807, 2.05) is 0 Å². The number of ether oxygens (including phenoxy) is 1. The smallest absolute Gasteiger partial charge is 0.330 e. The third-order valence-corrected chi connectivity index (χ3v) is 1.29. The number of rotatable bonds is 4. The number of nitrogens with zero attached hydrogens (tertiary/aromatic N) is 2. The Morgan fingerprint density at radius 3 is 2.93 bits per heavy atom. The molecule has 0 aliphatic rings. The lowest BCUT2D eigenvalue weighted by Gasteiger charge is -2.03. The van der Waals surface area contributed by atoms with E-state index in [2.05, 4.69) is 9.72 Å². The van der Waals surface area contributed by atoms with Gasteiger partial charge in [-0.3, -0.25) is 10.1 Å². The fourth-order valence-corrected chi connectivity index (χ4v) is 0.774. The first kappa shape index (κ1) is 10.3. The van der Waals surface area contributed by atoms with Crippen molar-refractivity contribution in [2.45, 2.75) is 6.43 Å². The van der Waals surface area contributed by atoms with Crippen LogP contribution < -0.4 is 4.74 Å².